The first-order valence-electron chi connectivity index (χ1n) is 6.35. The molecule has 0 radical (unpaired) electrons. The van der Waals surface area contributed by atoms with Crippen LogP contribution in [0, 0.1) is 15.9 Å². The first kappa shape index (κ1) is 14.0. The summed E-state index contributed by atoms with van der Waals surface area (Å²) in [4.78, 5) is 10.1. The summed E-state index contributed by atoms with van der Waals surface area (Å²) in [5.74, 6) is -0.597. The third-order valence-corrected chi connectivity index (χ3v) is 3.03. The highest BCUT2D eigenvalue weighted by atomic mass is 19.1. The third-order valence-electron chi connectivity index (χ3n) is 3.03. The van der Waals surface area contributed by atoms with E-state index in [4.69, 9.17) is 0 Å². The molecule has 0 fully saturated rings. The second-order valence-corrected chi connectivity index (χ2v) is 4.44. The number of hydrogen-bond acceptors (Lipinski definition) is 3. The second kappa shape index (κ2) is 6.14. The predicted octanol–water partition coefficient (Wildman–Crippen LogP) is 3.91. The number of hydrogen-bond donors (Lipinski definition) is 1. The summed E-state index contributed by atoms with van der Waals surface area (Å²) in [6.45, 7) is 2.39. The van der Waals surface area contributed by atoms with Crippen molar-refractivity contribution >= 4 is 11.4 Å². The molecular formula is C15H15FN2O2. The van der Waals surface area contributed by atoms with Gasteiger partial charge in [0.1, 0.15) is 5.82 Å². The van der Waals surface area contributed by atoms with Gasteiger partial charge in [-0.3, -0.25) is 10.1 Å². The Hall–Kier alpha value is -2.43. The molecule has 0 heterocycles. The summed E-state index contributed by atoms with van der Waals surface area (Å²) in [7, 11) is 0. The number of halogens is 1. The third kappa shape index (κ3) is 3.32. The summed E-state index contributed by atoms with van der Waals surface area (Å²) in [5, 5.41) is 13.9. The summed E-state index contributed by atoms with van der Waals surface area (Å²) in [5.41, 5.74) is 2.42. The van der Waals surface area contributed by atoms with E-state index in [1.807, 2.05) is 31.2 Å². The van der Waals surface area contributed by atoms with E-state index in [-0.39, 0.29) is 5.69 Å². The first-order chi connectivity index (χ1) is 9.60. The quantitative estimate of drug-likeness (QED) is 0.664. The van der Waals surface area contributed by atoms with Gasteiger partial charge in [0.2, 0.25) is 0 Å². The minimum absolute atomic E-state index is 0.231. The zero-order chi connectivity index (χ0) is 14.5. The van der Waals surface area contributed by atoms with Crippen molar-refractivity contribution in [3.63, 3.8) is 0 Å². The lowest BCUT2D eigenvalue weighted by Gasteiger charge is -2.10. The Bertz CT molecular complexity index is 629. The molecular weight excluding hydrogens is 259 g/mol. The van der Waals surface area contributed by atoms with Crippen LogP contribution in [0.3, 0.4) is 0 Å². The van der Waals surface area contributed by atoms with Crippen LogP contribution < -0.4 is 5.32 Å². The maximum Gasteiger partial charge on any atom is 0.272 e. The minimum atomic E-state index is -0.597. The Balaban J connectivity index is 2.16. The van der Waals surface area contributed by atoms with Crippen molar-refractivity contribution in [2.24, 2.45) is 0 Å². The summed E-state index contributed by atoms with van der Waals surface area (Å²) < 4.78 is 13.3. The SMILES string of the molecule is CCc1ccccc1NCc1cc(F)cc([N+](=O)[O-])c1. The molecule has 0 aromatic heterocycles. The minimum Gasteiger partial charge on any atom is -0.381 e. The number of benzene rings is 2. The van der Waals surface area contributed by atoms with Crippen LogP contribution in [0.1, 0.15) is 18.1 Å². The van der Waals surface area contributed by atoms with Crippen molar-refractivity contribution in [2.75, 3.05) is 5.32 Å². The van der Waals surface area contributed by atoms with Gasteiger partial charge in [-0.1, -0.05) is 25.1 Å². The molecule has 0 amide bonds. The van der Waals surface area contributed by atoms with Gasteiger partial charge in [0, 0.05) is 18.3 Å². The molecule has 0 saturated heterocycles. The molecule has 0 saturated carbocycles. The lowest BCUT2D eigenvalue weighted by molar-refractivity contribution is -0.385. The maximum atomic E-state index is 13.3. The molecule has 2 rings (SSSR count). The standard InChI is InChI=1S/C15H15FN2O2/c1-2-12-5-3-4-6-15(12)17-10-11-7-13(16)9-14(8-11)18(19)20/h3-9,17H,2,10H2,1H3. The Kier molecular flexibility index (Phi) is 4.30. The van der Waals surface area contributed by atoms with Crippen LogP contribution in [-0.4, -0.2) is 4.92 Å². The molecule has 5 heteroatoms. The molecule has 0 atom stereocenters. The molecule has 0 aliphatic heterocycles. The van der Waals surface area contributed by atoms with Gasteiger partial charge in [-0.25, -0.2) is 4.39 Å². The largest absolute Gasteiger partial charge is 0.381 e. The van der Waals surface area contributed by atoms with E-state index in [0.717, 1.165) is 23.7 Å². The average molecular weight is 274 g/mol. The van der Waals surface area contributed by atoms with Gasteiger partial charge in [-0.15, -0.1) is 0 Å². The van der Waals surface area contributed by atoms with E-state index in [1.54, 1.807) is 0 Å². The summed E-state index contributed by atoms with van der Waals surface area (Å²) in [6.07, 6.45) is 0.881. The predicted molar refractivity (Wildman–Crippen MR) is 76.2 cm³/mol. The highest BCUT2D eigenvalue weighted by Gasteiger charge is 2.10. The molecule has 104 valence electrons. The van der Waals surface area contributed by atoms with E-state index in [1.165, 1.54) is 12.1 Å². The number of para-hydroxylation sites is 1. The van der Waals surface area contributed by atoms with E-state index >= 15 is 0 Å². The molecule has 0 spiro atoms. The number of anilines is 1. The molecule has 0 bridgehead atoms. The number of nitro benzene ring substituents is 1. The highest BCUT2D eigenvalue weighted by molar-refractivity contribution is 5.51. The first-order valence-corrected chi connectivity index (χ1v) is 6.35. The van der Waals surface area contributed by atoms with Gasteiger partial charge in [-0.05, 0) is 29.7 Å². The Morgan fingerprint density at radius 1 is 1.25 bits per heavy atom. The zero-order valence-corrected chi connectivity index (χ0v) is 11.1. The molecule has 4 nitrogen and oxygen atoms in total. The summed E-state index contributed by atoms with van der Waals surface area (Å²) >= 11 is 0. The van der Waals surface area contributed by atoms with E-state index in [0.29, 0.717) is 12.1 Å². The van der Waals surface area contributed by atoms with Gasteiger partial charge in [0.05, 0.1) is 11.0 Å². The fraction of sp³-hybridized carbons (Fsp3) is 0.200. The number of non-ortho nitro benzene ring substituents is 1. The van der Waals surface area contributed by atoms with Crippen molar-refractivity contribution in [1.82, 2.24) is 0 Å². The molecule has 0 aliphatic rings. The lowest BCUT2D eigenvalue weighted by atomic mass is 10.1. The van der Waals surface area contributed by atoms with Crippen molar-refractivity contribution in [1.29, 1.82) is 0 Å². The average Bonchev–Trinajstić information content (AvgIpc) is 2.44. The molecule has 0 aliphatic carbocycles. The number of nitro groups is 1. The fourth-order valence-corrected chi connectivity index (χ4v) is 2.04. The Morgan fingerprint density at radius 3 is 2.70 bits per heavy atom. The molecule has 0 unspecified atom stereocenters. The van der Waals surface area contributed by atoms with Crippen LogP contribution in [0.2, 0.25) is 0 Å². The van der Waals surface area contributed by atoms with Gasteiger partial charge in [0.25, 0.3) is 5.69 Å². The van der Waals surface area contributed by atoms with Crippen molar-refractivity contribution in [3.05, 3.63) is 69.5 Å². The smallest absolute Gasteiger partial charge is 0.272 e. The second-order valence-electron chi connectivity index (χ2n) is 4.44. The van der Waals surface area contributed by atoms with E-state index in [9.17, 15) is 14.5 Å². The number of nitrogens with zero attached hydrogens (tertiary/aromatic N) is 1. The highest BCUT2D eigenvalue weighted by Crippen LogP contribution is 2.19. The van der Waals surface area contributed by atoms with Crippen LogP contribution in [0.25, 0.3) is 0 Å². The monoisotopic (exact) mass is 274 g/mol. The van der Waals surface area contributed by atoms with Gasteiger partial charge in [0.15, 0.2) is 0 Å². The molecule has 2 aromatic carbocycles. The van der Waals surface area contributed by atoms with Crippen molar-refractivity contribution < 1.29 is 9.31 Å². The lowest BCUT2D eigenvalue weighted by Crippen LogP contribution is -2.03. The molecule has 2 aromatic rings. The number of nitrogens with one attached hydrogen (secondary N) is 1. The maximum absolute atomic E-state index is 13.3. The molecule has 20 heavy (non-hydrogen) atoms. The van der Waals surface area contributed by atoms with Crippen molar-refractivity contribution in [3.8, 4) is 0 Å². The Morgan fingerprint density at radius 2 is 2.00 bits per heavy atom. The number of rotatable bonds is 5. The van der Waals surface area contributed by atoms with Crippen LogP contribution in [0.5, 0.6) is 0 Å². The fourth-order valence-electron chi connectivity index (χ4n) is 2.04. The Labute approximate surface area is 116 Å². The van der Waals surface area contributed by atoms with Gasteiger partial charge >= 0.3 is 0 Å². The van der Waals surface area contributed by atoms with Crippen LogP contribution in [-0.2, 0) is 13.0 Å². The number of aryl methyl sites for hydroxylation is 1. The molecule has 1 N–H and O–H groups in total. The van der Waals surface area contributed by atoms with Crippen LogP contribution in [0.15, 0.2) is 42.5 Å². The van der Waals surface area contributed by atoms with E-state index in [2.05, 4.69) is 5.32 Å². The topological polar surface area (TPSA) is 55.2 Å². The van der Waals surface area contributed by atoms with Crippen molar-refractivity contribution in [2.45, 2.75) is 19.9 Å². The van der Waals surface area contributed by atoms with E-state index < -0.39 is 10.7 Å². The zero-order valence-electron chi connectivity index (χ0n) is 11.1. The van der Waals surface area contributed by atoms with Crippen LogP contribution >= 0.6 is 0 Å². The summed E-state index contributed by atoms with van der Waals surface area (Å²) in [6, 6.07) is 11.4. The van der Waals surface area contributed by atoms with Gasteiger partial charge in [-0.2, -0.15) is 0 Å². The van der Waals surface area contributed by atoms with Gasteiger partial charge < -0.3 is 5.32 Å². The van der Waals surface area contributed by atoms with Crippen LogP contribution in [0.4, 0.5) is 15.8 Å². The normalized spacial score (nSPS) is 10.3.